The zero-order valence-corrected chi connectivity index (χ0v) is 10.9. The summed E-state index contributed by atoms with van der Waals surface area (Å²) in [6.07, 6.45) is 5.90. The van der Waals surface area contributed by atoms with Crippen molar-refractivity contribution in [2.24, 2.45) is 5.73 Å². The average Bonchev–Trinajstić information content (AvgIpc) is 2.81. The molecule has 0 fully saturated rings. The van der Waals surface area contributed by atoms with Crippen LogP contribution in [-0.2, 0) is 6.54 Å². The quantitative estimate of drug-likeness (QED) is 0.837. The highest BCUT2D eigenvalue weighted by molar-refractivity contribution is 7.80. The maximum atomic E-state index is 12.2. The maximum absolute atomic E-state index is 12.2. The van der Waals surface area contributed by atoms with Gasteiger partial charge in [-0.2, -0.15) is 0 Å². The van der Waals surface area contributed by atoms with Crippen LogP contribution in [0.1, 0.15) is 19.0 Å². The van der Waals surface area contributed by atoms with Crippen molar-refractivity contribution in [2.75, 3.05) is 0 Å². The Morgan fingerprint density at radius 3 is 2.94 bits per heavy atom. The molecule has 0 spiro atoms. The minimum atomic E-state index is -0.145. The zero-order valence-electron chi connectivity index (χ0n) is 10.0. The molecule has 2 rings (SSSR count). The summed E-state index contributed by atoms with van der Waals surface area (Å²) in [5.74, 6) is 0.318. The van der Waals surface area contributed by atoms with E-state index in [-0.39, 0.29) is 10.5 Å². The topological polar surface area (TPSA) is 65.8 Å². The van der Waals surface area contributed by atoms with Gasteiger partial charge in [0.05, 0.1) is 5.69 Å². The SMILES string of the molecule is CCCn1ccnc(-n2cccc2C(N)=S)c1=O. The maximum Gasteiger partial charge on any atom is 0.294 e. The van der Waals surface area contributed by atoms with E-state index in [1.165, 1.54) is 0 Å². The number of hydrogen-bond donors (Lipinski definition) is 1. The van der Waals surface area contributed by atoms with Crippen molar-refractivity contribution in [1.29, 1.82) is 0 Å². The Balaban J connectivity index is 2.58. The highest BCUT2D eigenvalue weighted by Gasteiger charge is 2.11. The van der Waals surface area contributed by atoms with Gasteiger partial charge in [-0.25, -0.2) is 4.98 Å². The van der Waals surface area contributed by atoms with Crippen LogP contribution in [0.2, 0.25) is 0 Å². The lowest BCUT2D eigenvalue weighted by atomic mass is 10.4. The van der Waals surface area contributed by atoms with Crippen LogP contribution < -0.4 is 11.3 Å². The minimum absolute atomic E-state index is 0.145. The lowest BCUT2D eigenvalue weighted by Crippen LogP contribution is -2.27. The molecule has 0 aliphatic rings. The molecule has 0 aromatic carbocycles. The van der Waals surface area contributed by atoms with E-state index in [9.17, 15) is 4.79 Å². The van der Waals surface area contributed by atoms with Crippen molar-refractivity contribution in [3.05, 3.63) is 46.8 Å². The summed E-state index contributed by atoms with van der Waals surface area (Å²) in [7, 11) is 0. The van der Waals surface area contributed by atoms with Crippen LogP contribution in [-0.4, -0.2) is 19.1 Å². The van der Waals surface area contributed by atoms with E-state index in [0.29, 0.717) is 18.1 Å². The Kier molecular flexibility index (Phi) is 3.57. The van der Waals surface area contributed by atoms with Gasteiger partial charge in [-0.15, -0.1) is 0 Å². The average molecular weight is 262 g/mol. The monoisotopic (exact) mass is 262 g/mol. The molecule has 18 heavy (non-hydrogen) atoms. The Morgan fingerprint density at radius 2 is 2.28 bits per heavy atom. The first kappa shape index (κ1) is 12.5. The molecule has 94 valence electrons. The molecule has 2 heterocycles. The molecule has 2 N–H and O–H groups in total. The van der Waals surface area contributed by atoms with E-state index in [1.54, 1.807) is 39.9 Å². The molecule has 6 heteroatoms. The third-order valence-electron chi connectivity index (χ3n) is 2.59. The molecule has 0 atom stereocenters. The van der Waals surface area contributed by atoms with Gasteiger partial charge < -0.3 is 10.3 Å². The van der Waals surface area contributed by atoms with Crippen LogP contribution in [0.4, 0.5) is 0 Å². The van der Waals surface area contributed by atoms with Crippen molar-refractivity contribution in [2.45, 2.75) is 19.9 Å². The first-order valence-corrected chi connectivity index (χ1v) is 6.09. The van der Waals surface area contributed by atoms with E-state index in [1.807, 2.05) is 6.92 Å². The Bertz CT molecular complexity index is 629. The standard InChI is InChI=1S/C12H14N4OS/c1-2-6-15-8-5-14-11(12(15)17)16-7-3-4-9(16)10(13)18/h3-5,7-8H,2,6H2,1H3,(H2,13,18). The fourth-order valence-corrected chi connectivity index (χ4v) is 1.95. The molecule has 5 nitrogen and oxygen atoms in total. The lowest BCUT2D eigenvalue weighted by Gasteiger charge is -2.09. The molecular formula is C12H14N4OS. The van der Waals surface area contributed by atoms with Crippen LogP contribution in [0, 0.1) is 0 Å². The predicted molar refractivity (Wildman–Crippen MR) is 74.0 cm³/mol. The van der Waals surface area contributed by atoms with Crippen LogP contribution in [0.3, 0.4) is 0 Å². The van der Waals surface area contributed by atoms with Crippen molar-refractivity contribution >= 4 is 17.2 Å². The third kappa shape index (κ3) is 2.19. The van der Waals surface area contributed by atoms with Gasteiger partial charge in [0.1, 0.15) is 4.99 Å². The smallest absolute Gasteiger partial charge is 0.294 e. The van der Waals surface area contributed by atoms with Crippen molar-refractivity contribution in [1.82, 2.24) is 14.1 Å². The largest absolute Gasteiger partial charge is 0.388 e. The molecule has 0 saturated heterocycles. The van der Waals surface area contributed by atoms with Gasteiger partial charge in [0.15, 0.2) is 0 Å². The first-order valence-electron chi connectivity index (χ1n) is 5.68. The second-order valence-electron chi connectivity index (χ2n) is 3.88. The minimum Gasteiger partial charge on any atom is -0.388 e. The number of thiocarbonyl (C=S) groups is 1. The van der Waals surface area contributed by atoms with Gasteiger partial charge in [0, 0.05) is 25.1 Å². The summed E-state index contributed by atoms with van der Waals surface area (Å²) in [5.41, 5.74) is 6.09. The lowest BCUT2D eigenvalue weighted by molar-refractivity contribution is 0.642. The van der Waals surface area contributed by atoms with Gasteiger partial charge >= 0.3 is 0 Å². The molecule has 0 saturated carbocycles. The van der Waals surface area contributed by atoms with Crippen molar-refractivity contribution in [3.8, 4) is 5.82 Å². The molecule has 0 bridgehead atoms. The van der Waals surface area contributed by atoms with Crippen molar-refractivity contribution < 1.29 is 0 Å². The second kappa shape index (κ2) is 5.14. The van der Waals surface area contributed by atoms with E-state index >= 15 is 0 Å². The Labute approximate surface area is 110 Å². The molecule has 2 aromatic rings. The number of aromatic nitrogens is 3. The van der Waals surface area contributed by atoms with Gasteiger partial charge in [0.25, 0.3) is 5.56 Å². The second-order valence-corrected chi connectivity index (χ2v) is 4.32. The number of hydrogen-bond acceptors (Lipinski definition) is 3. The molecule has 0 aliphatic heterocycles. The van der Waals surface area contributed by atoms with E-state index < -0.39 is 0 Å². The highest BCUT2D eigenvalue weighted by atomic mass is 32.1. The summed E-state index contributed by atoms with van der Waals surface area (Å²) in [6, 6.07) is 3.55. The summed E-state index contributed by atoms with van der Waals surface area (Å²) in [5, 5.41) is 0. The number of nitrogens with two attached hydrogens (primary N) is 1. The number of rotatable bonds is 4. The molecule has 0 amide bonds. The van der Waals surface area contributed by atoms with Crippen LogP contribution >= 0.6 is 12.2 Å². The van der Waals surface area contributed by atoms with Gasteiger partial charge in [-0.05, 0) is 18.6 Å². The Morgan fingerprint density at radius 1 is 1.50 bits per heavy atom. The molecule has 0 radical (unpaired) electrons. The van der Waals surface area contributed by atoms with Crippen molar-refractivity contribution in [3.63, 3.8) is 0 Å². The molecule has 2 aromatic heterocycles. The zero-order chi connectivity index (χ0) is 13.1. The highest BCUT2D eigenvalue weighted by Crippen LogP contribution is 2.06. The normalized spacial score (nSPS) is 10.5. The van der Waals surface area contributed by atoms with Gasteiger partial charge in [-0.3, -0.25) is 9.36 Å². The Hall–Kier alpha value is -1.95. The van der Waals surface area contributed by atoms with Gasteiger partial charge in [0.2, 0.25) is 5.82 Å². The third-order valence-corrected chi connectivity index (χ3v) is 2.80. The predicted octanol–water partition coefficient (Wildman–Crippen LogP) is 1.08. The van der Waals surface area contributed by atoms with Crippen LogP contribution in [0.25, 0.3) is 5.82 Å². The molecular weight excluding hydrogens is 248 g/mol. The summed E-state index contributed by atoms with van der Waals surface area (Å²) in [6.45, 7) is 2.68. The number of nitrogens with zero attached hydrogens (tertiary/aromatic N) is 3. The summed E-state index contributed by atoms with van der Waals surface area (Å²) in [4.78, 5) is 16.6. The van der Waals surface area contributed by atoms with E-state index in [0.717, 1.165) is 6.42 Å². The molecule has 0 unspecified atom stereocenters. The number of aryl methyl sites for hydroxylation is 1. The fourth-order valence-electron chi connectivity index (χ4n) is 1.78. The fraction of sp³-hybridized carbons (Fsp3) is 0.250. The van der Waals surface area contributed by atoms with Crippen LogP contribution in [0.15, 0.2) is 35.5 Å². The van der Waals surface area contributed by atoms with Crippen LogP contribution in [0.5, 0.6) is 0 Å². The first-order chi connectivity index (χ1) is 8.65. The van der Waals surface area contributed by atoms with E-state index in [4.69, 9.17) is 18.0 Å². The summed E-state index contributed by atoms with van der Waals surface area (Å²) >= 11 is 4.95. The van der Waals surface area contributed by atoms with Gasteiger partial charge in [-0.1, -0.05) is 19.1 Å². The van der Waals surface area contributed by atoms with E-state index in [2.05, 4.69) is 4.98 Å². The summed E-state index contributed by atoms with van der Waals surface area (Å²) < 4.78 is 3.25. The molecule has 0 aliphatic carbocycles.